The zero-order chi connectivity index (χ0) is 53.7. The lowest BCUT2D eigenvalue weighted by atomic mass is 9.78. The summed E-state index contributed by atoms with van der Waals surface area (Å²) in [6.07, 6.45) is 8.11. The number of Topliss-reactive ketones (excluding diaryl/α,β-unsaturated/α-hetero) is 3. The number of allylic oxidation sites excluding steroid dienone is 6. The molecule has 1 aliphatic carbocycles. The monoisotopic (exact) mass is 1020 g/mol. The van der Waals surface area contributed by atoms with E-state index in [1.54, 1.807) is 58.9 Å². The summed E-state index contributed by atoms with van der Waals surface area (Å²) >= 11 is 0. The van der Waals surface area contributed by atoms with Crippen LogP contribution in [-0.4, -0.2) is 154 Å². The molecule has 0 radical (unpaired) electrons. The van der Waals surface area contributed by atoms with Crippen LogP contribution in [0.3, 0.4) is 0 Å². The molecule has 4 aliphatic rings. The molecular formula is C55H85NO16. The first kappa shape index (κ1) is 60.6. The third-order valence-corrected chi connectivity index (χ3v) is 15.6. The van der Waals surface area contributed by atoms with Crippen molar-refractivity contribution in [3.05, 3.63) is 47.6 Å². The molecule has 15 atom stereocenters. The Balaban J connectivity index is 1.68. The average molecular weight is 1020 g/mol. The first-order valence-electron chi connectivity index (χ1n) is 26.0. The molecule has 5 N–H and O–H groups in total. The van der Waals surface area contributed by atoms with E-state index in [1.807, 2.05) is 26.0 Å². The van der Waals surface area contributed by atoms with Crippen molar-refractivity contribution in [3.8, 4) is 0 Å². The molecule has 406 valence electrons. The summed E-state index contributed by atoms with van der Waals surface area (Å²) in [5.74, 6) is -9.65. The average Bonchev–Trinajstić information content (AvgIpc) is 3.36. The molecule has 0 spiro atoms. The minimum Gasteiger partial charge on any atom is -0.460 e. The lowest BCUT2D eigenvalue weighted by molar-refractivity contribution is -0.265. The molecule has 2 bridgehead atoms. The van der Waals surface area contributed by atoms with E-state index in [9.17, 15) is 54.3 Å². The number of carbonyl (C=O) groups is 6. The van der Waals surface area contributed by atoms with E-state index >= 15 is 0 Å². The Labute approximate surface area is 426 Å². The smallest absolute Gasteiger partial charge is 0.329 e. The highest BCUT2D eigenvalue weighted by Gasteiger charge is 2.53. The topological polar surface area (TPSA) is 253 Å². The van der Waals surface area contributed by atoms with Gasteiger partial charge in [-0.15, -0.1) is 0 Å². The molecule has 0 aromatic rings. The number of esters is 2. The van der Waals surface area contributed by atoms with Gasteiger partial charge in [0.1, 0.15) is 41.7 Å². The van der Waals surface area contributed by atoms with E-state index in [2.05, 4.69) is 0 Å². The lowest BCUT2D eigenvalue weighted by Crippen LogP contribution is -2.61. The van der Waals surface area contributed by atoms with Gasteiger partial charge in [0, 0.05) is 51.4 Å². The molecule has 1 saturated carbocycles. The van der Waals surface area contributed by atoms with E-state index in [0.717, 1.165) is 4.90 Å². The van der Waals surface area contributed by atoms with E-state index in [0.29, 0.717) is 68.9 Å². The highest BCUT2D eigenvalue weighted by atomic mass is 16.6. The van der Waals surface area contributed by atoms with Crippen LogP contribution in [0, 0.1) is 40.9 Å². The number of amides is 1. The molecule has 3 fully saturated rings. The van der Waals surface area contributed by atoms with Gasteiger partial charge in [-0.25, -0.2) is 4.79 Å². The van der Waals surface area contributed by atoms with Crippen LogP contribution in [0.1, 0.15) is 132 Å². The number of rotatable bonds is 9. The highest BCUT2D eigenvalue weighted by Crippen LogP contribution is 2.38. The third kappa shape index (κ3) is 15.6. The third-order valence-electron chi connectivity index (χ3n) is 15.6. The zero-order valence-electron chi connectivity index (χ0n) is 44.3. The molecule has 3 heterocycles. The number of hydrogen-bond acceptors (Lipinski definition) is 16. The van der Waals surface area contributed by atoms with Crippen molar-refractivity contribution in [3.63, 3.8) is 0 Å². The Hall–Kier alpha value is -3.94. The van der Waals surface area contributed by atoms with Crippen molar-refractivity contribution in [2.75, 3.05) is 34.0 Å². The van der Waals surface area contributed by atoms with Crippen LogP contribution < -0.4 is 0 Å². The Morgan fingerprint density at radius 3 is 2.22 bits per heavy atom. The molecular weight excluding hydrogens is 931 g/mol. The Kier molecular flexibility index (Phi) is 23.2. The fraction of sp³-hybridized carbons (Fsp3) is 0.745. The van der Waals surface area contributed by atoms with E-state index < -0.39 is 120 Å². The normalized spacial score (nSPS) is 36.2. The lowest BCUT2D eigenvalue weighted by Gasteiger charge is -2.42. The molecule has 17 nitrogen and oxygen atoms in total. The predicted octanol–water partition coefficient (Wildman–Crippen LogP) is 5.07. The van der Waals surface area contributed by atoms with Crippen molar-refractivity contribution < 1.29 is 78.0 Å². The van der Waals surface area contributed by atoms with Gasteiger partial charge in [-0.2, -0.15) is 0 Å². The summed E-state index contributed by atoms with van der Waals surface area (Å²) in [6.45, 7) is 12.4. The number of carbonyl (C=O) groups excluding carboxylic acids is 6. The fourth-order valence-corrected chi connectivity index (χ4v) is 10.4. The number of methoxy groups -OCH3 is 2. The van der Waals surface area contributed by atoms with Crippen LogP contribution in [0.25, 0.3) is 0 Å². The van der Waals surface area contributed by atoms with E-state index in [-0.39, 0.29) is 49.2 Å². The van der Waals surface area contributed by atoms with Crippen molar-refractivity contribution in [2.24, 2.45) is 40.9 Å². The number of nitrogens with zero attached hydrogens (tertiary/aromatic N) is 1. The van der Waals surface area contributed by atoms with Gasteiger partial charge in [-0.05, 0) is 114 Å². The first-order valence-corrected chi connectivity index (χ1v) is 26.0. The van der Waals surface area contributed by atoms with Crippen LogP contribution in [0.5, 0.6) is 0 Å². The largest absolute Gasteiger partial charge is 0.460 e. The summed E-state index contributed by atoms with van der Waals surface area (Å²) in [5, 5.41) is 54.1. The number of cyclic esters (lactones) is 1. The zero-order valence-corrected chi connectivity index (χ0v) is 44.3. The van der Waals surface area contributed by atoms with E-state index in [4.69, 9.17) is 23.7 Å². The molecule has 4 rings (SSSR count). The SMILES string of the molecule is CO[C@@H]1C[C@H](C[C@@H](C)[C@@H]2CC(=O)[C@H](C)/C=C(\C)[C@@H](O)[C@@H](OC)C(=O)[C@H](C)C[C@H](C)C=CC=CC=C(C)[C@@H](O)C[C@@H]3CC[C@@H](C)[C@@](O)(O3)C(=O)C(=O)N3CCCC[C@H]3C(=O)O2)CC[C@H]1OC(=O)C(C)(CO)CO. The number of ketones is 3. The number of piperidine rings is 1. The fourth-order valence-electron chi connectivity index (χ4n) is 10.4. The Morgan fingerprint density at radius 2 is 1.57 bits per heavy atom. The summed E-state index contributed by atoms with van der Waals surface area (Å²) in [6, 6.07) is -1.22. The second-order valence-electron chi connectivity index (χ2n) is 21.6. The summed E-state index contributed by atoms with van der Waals surface area (Å²) in [5.41, 5.74) is -0.548. The molecule has 0 aromatic heterocycles. The quantitative estimate of drug-likeness (QED) is 0.115. The summed E-state index contributed by atoms with van der Waals surface area (Å²) in [7, 11) is 2.85. The summed E-state index contributed by atoms with van der Waals surface area (Å²) in [4.78, 5) is 85.1. The van der Waals surface area contributed by atoms with Gasteiger partial charge in [0.2, 0.25) is 5.79 Å². The summed E-state index contributed by atoms with van der Waals surface area (Å²) < 4.78 is 29.4. The van der Waals surface area contributed by atoms with Crippen LogP contribution in [-0.2, 0) is 52.5 Å². The van der Waals surface area contributed by atoms with Gasteiger partial charge < -0.3 is 54.1 Å². The minimum absolute atomic E-state index is 0.0247. The van der Waals surface area contributed by atoms with Crippen molar-refractivity contribution >= 4 is 35.2 Å². The molecule has 3 aliphatic heterocycles. The number of aliphatic hydroxyl groups excluding tert-OH is 4. The van der Waals surface area contributed by atoms with Crippen LogP contribution >= 0.6 is 0 Å². The standard InChI is InChI=1S/C55H85NO16/c1-32-16-12-11-13-17-33(2)42(59)28-40-21-19-38(7)55(67,72-40)50(63)51(64)56-23-15-14-18-41(56)52(65)70-45(29-43(60)34(3)25-37(6)48(62)49(69-10)47(61)36(5)24-32)35(4)26-39-20-22-44(46(27-39)68-9)71-53(66)54(8,30-57)31-58/h11-13,16-17,25,32,34-36,38-42,44-46,48-49,57-59,62,67H,14-15,18-24,26-31H2,1-10H3/b13-11?,16-12?,33-17?,37-25+/t32-,34-,35-,36-,38-,39+,40+,41+,42+,44-,45+,46-,48-,49+,55-/m1/s1. The van der Waals surface area contributed by atoms with Crippen LogP contribution in [0.15, 0.2) is 47.6 Å². The molecule has 17 heteroatoms. The second kappa shape index (κ2) is 27.6. The van der Waals surface area contributed by atoms with Crippen molar-refractivity contribution in [1.29, 1.82) is 0 Å². The molecule has 1 amide bonds. The number of fused-ring (bicyclic) bond motifs is 3. The maximum atomic E-state index is 14.5. The molecule has 0 aromatic carbocycles. The van der Waals surface area contributed by atoms with Crippen LogP contribution in [0.2, 0.25) is 0 Å². The Morgan fingerprint density at radius 1 is 0.875 bits per heavy atom. The van der Waals surface area contributed by atoms with Crippen molar-refractivity contribution in [2.45, 2.75) is 187 Å². The molecule has 72 heavy (non-hydrogen) atoms. The van der Waals surface area contributed by atoms with Crippen molar-refractivity contribution in [1.82, 2.24) is 4.90 Å². The maximum absolute atomic E-state index is 14.5. The number of aliphatic hydroxyl groups is 5. The molecule has 0 unspecified atom stereocenters. The Bertz CT molecular complexity index is 1990. The predicted molar refractivity (Wildman–Crippen MR) is 266 cm³/mol. The van der Waals surface area contributed by atoms with Gasteiger partial charge in [-0.1, -0.05) is 71.1 Å². The van der Waals surface area contributed by atoms with Gasteiger partial charge in [0.05, 0.1) is 31.5 Å². The maximum Gasteiger partial charge on any atom is 0.329 e. The van der Waals surface area contributed by atoms with Gasteiger partial charge in [0.25, 0.3) is 11.7 Å². The van der Waals surface area contributed by atoms with Crippen LogP contribution in [0.4, 0.5) is 0 Å². The van der Waals surface area contributed by atoms with Gasteiger partial charge in [0.15, 0.2) is 5.78 Å². The van der Waals surface area contributed by atoms with Gasteiger partial charge >= 0.3 is 11.9 Å². The molecule has 2 saturated heterocycles. The number of ether oxygens (including phenoxy) is 5. The first-order chi connectivity index (χ1) is 33.9. The second-order valence-corrected chi connectivity index (χ2v) is 21.6. The van der Waals surface area contributed by atoms with E-state index in [1.165, 1.54) is 21.1 Å². The van der Waals surface area contributed by atoms with Gasteiger partial charge in [-0.3, -0.25) is 24.0 Å². The number of hydrogen-bond donors (Lipinski definition) is 5. The highest BCUT2D eigenvalue weighted by molar-refractivity contribution is 6.39. The minimum atomic E-state index is -2.52.